The van der Waals surface area contributed by atoms with Gasteiger partial charge in [0, 0.05) is 3.57 Å². The summed E-state index contributed by atoms with van der Waals surface area (Å²) in [5.74, 6) is -1.03. The number of hydrogen-bond donors (Lipinski definition) is 1. The zero-order valence-corrected chi connectivity index (χ0v) is 9.57. The highest BCUT2D eigenvalue weighted by Crippen LogP contribution is 2.17. The molecule has 0 aliphatic rings. The molecule has 1 aromatic rings. The van der Waals surface area contributed by atoms with E-state index < -0.39 is 11.9 Å². The van der Waals surface area contributed by atoms with Crippen molar-refractivity contribution in [1.82, 2.24) is 0 Å². The number of carbonyl (C=O) groups is 2. The standard InChI is InChI=1S/C9H8INO3/c1-14-9(13)6-4-2-3-5(7(6)10)8(11)12/h2-4H,1H3,(H2,11,12). The predicted octanol–water partition coefficient (Wildman–Crippen LogP) is 1.18. The number of amides is 1. The molecule has 1 amide bonds. The second-order valence-corrected chi connectivity index (χ2v) is 3.60. The number of esters is 1. The van der Waals surface area contributed by atoms with Crippen LogP contribution >= 0.6 is 22.6 Å². The van der Waals surface area contributed by atoms with Crippen molar-refractivity contribution in [1.29, 1.82) is 0 Å². The van der Waals surface area contributed by atoms with Crippen molar-refractivity contribution in [2.75, 3.05) is 7.11 Å². The minimum Gasteiger partial charge on any atom is -0.465 e. The van der Waals surface area contributed by atoms with Crippen LogP contribution in [0.2, 0.25) is 0 Å². The monoisotopic (exact) mass is 305 g/mol. The second-order valence-electron chi connectivity index (χ2n) is 2.52. The van der Waals surface area contributed by atoms with Gasteiger partial charge < -0.3 is 10.5 Å². The number of halogens is 1. The average Bonchev–Trinajstić information content (AvgIpc) is 2.16. The van der Waals surface area contributed by atoms with Gasteiger partial charge in [0.2, 0.25) is 5.91 Å². The number of nitrogens with two attached hydrogens (primary N) is 1. The lowest BCUT2D eigenvalue weighted by molar-refractivity contribution is 0.0599. The van der Waals surface area contributed by atoms with Crippen molar-refractivity contribution in [3.63, 3.8) is 0 Å². The van der Waals surface area contributed by atoms with Crippen LogP contribution in [-0.2, 0) is 4.74 Å². The van der Waals surface area contributed by atoms with E-state index in [2.05, 4.69) is 4.74 Å². The molecule has 0 spiro atoms. The normalized spacial score (nSPS) is 9.57. The first-order chi connectivity index (χ1) is 6.57. The van der Waals surface area contributed by atoms with E-state index in [1.54, 1.807) is 18.2 Å². The highest BCUT2D eigenvalue weighted by Gasteiger charge is 2.15. The van der Waals surface area contributed by atoms with Gasteiger partial charge in [0.15, 0.2) is 0 Å². The molecule has 2 N–H and O–H groups in total. The van der Waals surface area contributed by atoms with E-state index in [9.17, 15) is 9.59 Å². The van der Waals surface area contributed by atoms with E-state index in [0.29, 0.717) is 14.7 Å². The fourth-order valence-corrected chi connectivity index (χ4v) is 1.84. The van der Waals surface area contributed by atoms with Gasteiger partial charge in [0.05, 0.1) is 18.2 Å². The molecule has 0 heterocycles. The first kappa shape index (κ1) is 11.0. The van der Waals surface area contributed by atoms with E-state index in [1.165, 1.54) is 7.11 Å². The molecule has 14 heavy (non-hydrogen) atoms. The van der Waals surface area contributed by atoms with Crippen molar-refractivity contribution in [3.05, 3.63) is 32.9 Å². The van der Waals surface area contributed by atoms with Gasteiger partial charge in [-0.3, -0.25) is 4.79 Å². The van der Waals surface area contributed by atoms with Crippen LogP contribution in [0.25, 0.3) is 0 Å². The Bertz CT molecular complexity index is 390. The second kappa shape index (κ2) is 4.41. The van der Waals surface area contributed by atoms with Crippen LogP contribution in [0.1, 0.15) is 20.7 Å². The maximum Gasteiger partial charge on any atom is 0.338 e. The Balaban J connectivity index is 3.27. The van der Waals surface area contributed by atoms with Gasteiger partial charge in [0.25, 0.3) is 0 Å². The Hall–Kier alpha value is -1.11. The number of methoxy groups -OCH3 is 1. The van der Waals surface area contributed by atoms with Crippen molar-refractivity contribution in [2.24, 2.45) is 5.73 Å². The third-order valence-corrected chi connectivity index (χ3v) is 2.83. The lowest BCUT2D eigenvalue weighted by Crippen LogP contribution is -2.15. The average molecular weight is 305 g/mol. The van der Waals surface area contributed by atoms with E-state index in [0.717, 1.165) is 0 Å². The van der Waals surface area contributed by atoms with Gasteiger partial charge in [-0.15, -0.1) is 0 Å². The lowest BCUT2D eigenvalue weighted by atomic mass is 10.1. The van der Waals surface area contributed by atoms with E-state index in [4.69, 9.17) is 5.73 Å². The highest BCUT2D eigenvalue weighted by atomic mass is 127. The molecule has 0 fully saturated rings. The van der Waals surface area contributed by atoms with Gasteiger partial charge in [-0.2, -0.15) is 0 Å². The summed E-state index contributed by atoms with van der Waals surface area (Å²) in [7, 11) is 1.29. The first-order valence-electron chi connectivity index (χ1n) is 3.74. The van der Waals surface area contributed by atoms with E-state index in [1.807, 2.05) is 22.6 Å². The van der Waals surface area contributed by atoms with Crippen molar-refractivity contribution >= 4 is 34.5 Å². The van der Waals surface area contributed by atoms with Gasteiger partial charge in [-0.05, 0) is 34.7 Å². The smallest absolute Gasteiger partial charge is 0.338 e. The minimum absolute atomic E-state index is 0.327. The molecule has 1 rings (SSSR count). The Kier molecular flexibility index (Phi) is 3.45. The zero-order valence-electron chi connectivity index (χ0n) is 7.41. The Morgan fingerprint density at radius 2 is 1.93 bits per heavy atom. The van der Waals surface area contributed by atoms with E-state index >= 15 is 0 Å². The molecule has 0 saturated carbocycles. The molecule has 0 radical (unpaired) electrons. The molecule has 4 nitrogen and oxygen atoms in total. The number of hydrogen-bond acceptors (Lipinski definition) is 3. The van der Waals surface area contributed by atoms with Crippen LogP contribution < -0.4 is 5.73 Å². The van der Waals surface area contributed by atoms with E-state index in [-0.39, 0.29) is 0 Å². The Morgan fingerprint density at radius 3 is 2.43 bits per heavy atom. The SMILES string of the molecule is COC(=O)c1cccc(C(N)=O)c1I. The molecule has 0 bridgehead atoms. The number of carbonyl (C=O) groups excluding carboxylic acids is 2. The molecule has 0 aromatic heterocycles. The number of benzene rings is 1. The van der Waals surface area contributed by atoms with Gasteiger partial charge in [0.1, 0.15) is 0 Å². The summed E-state index contributed by atoms with van der Waals surface area (Å²) < 4.78 is 5.07. The molecule has 0 unspecified atom stereocenters. The highest BCUT2D eigenvalue weighted by molar-refractivity contribution is 14.1. The molecular formula is C9H8INO3. The predicted molar refractivity (Wildman–Crippen MR) is 59.0 cm³/mol. The van der Waals surface area contributed by atoms with Gasteiger partial charge in [-0.1, -0.05) is 6.07 Å². The fourth-order valence-electron chi connectivity index (χ4n) is 0.990. The molecule has 0 atom stereocenters. The maximum absolute atomic E-state index is 11.2. The molecule has 1 aromatic carbocycles. The van der Waals surface area contributed by atoms with Crippen LogP contribution in [0.15, 0.2) is 18.2 Å². The molecule has 5 heteroatoms. The van der Waals surface area contributed by atoms with Crippen LogP contribution in [0.5, 0.6) is 0 Å². The fraction of sp³-hybridized carbons (Fsp3) is 0.111. The molecule has 74 valence electrons. The van der Waals surface area contributed by atoms with Crippen LogP contribution in [-0.4, -0.2) is 19.0 Å². The third kappa shape index (κ3) is 2.03. The lowest BCUT2D eigenvalue weighted by Gasteiger charge is -2.05. The number of primary amides is 1. The van der Waals surface area contributed by atoms with Crippen molar-refractivity contribution in [3.8, 4) is 0 Å². The number of rotatable bonds is 2. The Morgan fingerprint density at radius 1 is 1.36 bits per heavy atom. The Labute approximate surface area is 94.6 Å². The van der Waals surface area contributed by atoms with Crippen molar-refractivity contribution < 1.29 is 14.3 Å². The van der Waals surface area contributed by atoms with Gasteiger partial charge in [-0.25, -0.2) is 4.79 Å². The first-order valence-corrected chi connectivity index (χ1v) is 4.82. The minimum atomic E-state index is -0.555. The number of ether oxygens (including phenoxy) is 1. The summed E-state index contributed by atoms with van der Waals surface area (Å²) in [5.41, 5.74) is 5.81. The summed E-state index contributed by atoms with van der Waals surface area (Å²) in [4.78, 5) is 22.2. The van der Waals surface area contributed by atoms with Crippen LogP contribution in [0, 0.1) is 3.57 Å². The summed E-state index contributed by atoms with van der Waals surface area (Å²) in [6, 6.07) is 4.74. The maximum atomic E-state index is 11.2. The third-order valence-electron chi connectivity index (χ3n) is 1.67. The van der Waals surface area contributed by atoms with Crippen molar-refractivity contribution in [2.45, 2.75) is 0 Å². The molecule has 0 aliphatic carbocycles. The largest absolute Gasteiger partial charge is 0.465 e. The summed E-state index contributed by atoms with van der Waals surface area (Å²) in [6.45, 7) is 0. The summed E-state index contributed by atoms with van der Waals surface area (Å²) >= 11 is 1.89. The van der Waals surface area contributed by atoms with Crippen LogP contribution in [0.3, 0.4) is 0 Å². The van der Waals surface area contributed by atoms with Gasteiger partial charge >= 0.3 is 5.97 Å². The topological polar surface area (TPSA) is 69.4 Å². The molecular weight excluding hydrogens is 297 g/mol. The molecule has 0 aliphatic heterocycles. The summed E-state index contributed by atoms with van der Waals surface area (Å²) in [5, 5.41) is 0. The zero-order chi connectivity index (χ0) is 10.7. The quantitative estimate of drug-likeness (QED) is 0.659. The van der Waals surface area contributed by atoms with Crippen LogP contribution in [0.4, 0.5) is 0 Å². The molecule has 0 saturated heterocycles. The summed E-state index contributed by atoms with van der Waals surface area (Å²) in [6.07, 6.45) is 0.